The minimum atomic E-state index is -0.130. The molecule has 0 aliphatic rings. The SMILES string of the molecule is COc1cccc(SCC(=O)Nc2cccc(COc3ccc(NC(=O)c4cccs4)cc3)c2)c1. The second kappa shape index (κ2) is 12.1. The highest BCUT2D eigenvalue weighted by Gasteiger charge is 2.08. The molecule has 0 saturated carbocycles. The van der Waals surface area contributed by atoms with Gasteiger partial charge in [-0.25, -0.2) is 0 Å². The molecular formula is C27H24N2O4S2. The van der Waals surface area contributed by atoms with Gasteiger partial charge >= 0.3 is 0 Å². The molecule has 4 aromatic rings. The smallest absolute Gasteiger partial charge is 0.265 e. The van der Waals surface area contributed by atoms with Gasteiger partial charge in [-0.05, 0) is 71.6 Å². The van der Waals surface area contributed by atoms with Gasteiger partial charge in [0.25, 0.3) is 5.91 Å². The van der Waals surface area contributed by atoms with Crippen LogP contribution in [0.5, 0.6) is 11.5 Å². The minimum Gasteiger partial charge on any atom is -0.497 e. The van der Waals surface area contributed by atoms with Gasteiger partial charge in [0, 0.05) is 16.3 Å². The summed E-state index contributed by atoms with van der Waals surface area (Å²) >= 11 is 2.85. The summed E-state index contributed by atoms with van der Waals surface area (Å²) in [7, 11) is 1.62. The second-order valence-corrected chi connectivity index (χ2v) is 9.46. The Hall–Kier alpha value is -3.75. The van der Waals surface area contributed by atoms with E-state index in [1.165, 1.54) is 23.1 Å². The summed E-state index contributed by atoms with van der Waals surface area (Å²) in [5, 5.41) is 7.66. The van der Waals surface area contributed by atoms with E-state index in [1.54, 1.807) is 25.3 Å². The Kier molecular flexibility index (Phi) is 8.43. The third-order valence-corrected chi connectivity index (χ3v) is 6.75. The Balaban J connectivity index is 1.25. The van der Waals surface area contributed by atoms with Crippen LogP contribution in [0.15, 0.2) is 95.2 Å². The van der Waals surface area contributed by atoms with Gasteiger partial charge in [-0.2, -0.15) is 0 Å². The average Bonchev–Trinajstić information content (AvgIpc) is 3.43. The van der Waals surface area contributed by atoms with Crippen LogP contribution in [0.1, 0.15) is 15.2 Å². The number of hydrogen-bond donors (Lipinski definition) is 2. The topological polar surface area (TPSA) is 76.7 Å². The predicted octanol–water partition coefficient (Wildman–Crippen LogP) is 6.32. The maximum absolute atomic E-state index is 12.4. The molecule has 2 N–H and O–H groups in total. The summed E-state index contributed by atoms with van der Waals surface area (Å²) < 4.78 is 11.1. The van der Waals surface area contributed by atoms with Gasteiger partial charge in [-0.15, -0.1) is 23.1 Å². The van der Waals surface area contributed by atoms with Crippen molar-refractivity contribution in [1.29, 1.82) is 0 Å². The predicted molar refractivity (Wildman–Crippen MR) is 142 cm³/mol. The van der Waals surface area contributed by atoms with Gasteiger partial charge in [0.15, 0.2) is 0 Å². The zero-order chi connectivity index (χ0) is 24.5. The third kappa shape index (κ3) is 7.37. The Morgan fingerprint density at radius 3 is 2.46 bits per heavy atom. The number of methoxy groups -OCH3 is 1. The molecule has 0 bridgehead atoms. The lowest BCUT2D eigenvalue weighted by Gasteiger charge is -2.10. The van der Waals surface area contributed by atoms with Crippen molar-refractivity contribution in [3.8, 4) is 11.5 Å². The number of amides is 2. The zero-order valence-electron chi connectivity index (χ0n) is 19.0. The largest absolute Gasteiger partial charge is 0.497 e. The molecule has 4 rings (SSSR count). The van der Waals surface area contributed by atoms with Crippen molar-refractivity contribution in [3.05, 3.63) is 101 Å². The number of rotatable bonds is 10. The van der Waals surface area contributed by atoms with Crippen LogP contribution in [-0.4, -0.2) is 24.7 Å². The van der Waals surface area contributed by atoms with E-state index >= 15 is 0 Å². The number of thioether (sulfide) groups is 1. The first-order valence-electron chi connectivity index (χ1n) is 10.8. The Morgan fingerprint density at radius 2 is 1.69 bits per heavy atom. The fraction of sp³-hybridized carbons (Fsp3) is 0.111. The number of benzene rings is 3. The van der Waals surface area contributed by atoms with E-state index < -0.39 is 0 Å². The molecular weight excluding hydrogens is 480 g/mol. The van der Waals surface area contributed by atoms with Crippen LogP contribution >= 0.6 is 23.1 Å². The maximum atomic E-state index is 12.4. The molecule has 2 amide bonds. The highest BCUT2D eigenvalue weighted by atomic mass is 32.2. The second-order valence-electron chi connectivity index (χ2n) is 7.46. The van der Waals surface area contributed by atoms with Crippen molar-refractivity contribution in [3.63, 3.8) is 0 Å². The van der Waals surface area contributed by atoms with Gasteiger partial charge < -0.3 is 20.1 Å². The lowest BCUT2D eigenvalue weighted by molar-refractivity contribution is -0.113. The van der Waals surface area contributed by atoms with Crippen molar-refractivity contribution < 1.29 is 19.1 Å². The summed E-state index contributed by atoms with van der Waals surface area (Å²) in [6.45, 7) is 0.350. The average molecular weight is 505 g/mol. The molecule has 0 aliphatic heterocycles. The van der Waals surface area contributed by atoms with E-state index in [4.69, 9.17) is 9.47 Å². The van der Waals surface area contributed by atoms with Crippen molar-refractivity contribution in [2.24, 2.45) is 0 Å². The van der Waals surface area contributed by atoms with Crippen LogP contribution in [0.4, 0.5) is 11.4 Å². The molecule has 0 spiro atoms. The normalized spacial score (nSPS) is 10.4. The first-order valence-corrected chi connectivity index (χ1v) is 12.7. The molecule has 0 aliphatic carbocycles. The van der Waals surface area contributed by atoms with Crippen molar-refractivity contribution in [2.75, 3.05) is 23.5 Å². The summed E-state index contributed by atoms with van der Waals surface area (Å²) in [6.07, 6.45) is 0. The summed E-state index contributed by atoms with van der Waals surface area (Å²) in [6, 6.07) is 26.0. The van der Waals surface area contributed by atoms with E-state index in [9.17, 15) is 9.59 Å². The van der Waals surface area contributed by atoms with Gasteiger partial charge in [-0.1, -0.05) is 24.3 Å². The minimum absolute atomic E-state index is 0.0870. The molecule has 0 unspecified atom stereocenters. The molecule has 8 heteroatoms. The molecule has 35 heavy (non-hydrogen) atoms. The van der Waals surface area contributed by atoms with E-state index in [2.05, 4.69) is 10.6 Å². The van der Waals surface area contributed by atoms with Crippen LogP contribution in [0, 0.1) is 0 Å². The number of thiophene rings is 1. The Bertz CT molecular complexity index is 1270. The maximum Gasteiger partial charge on any atom is 0.265 e. The number of anilines is 2. The lowest BCUT2D eigenvalue weighted by atomic mass is 10.2. The van der Waals surface area contributed by atoms with Crippen LogP contribution in [0.3, 0.4) is 0 Å². The first-order chi connectivity index (χ1) is 17.1. The summed E-state index contributed by atoms with van der Waals surface area (Å²) in [5.41, 5.74) is 2.35. The van der Waals surface area contributed by atoms with Gasteiger partial charge in [0.05, 0.1) is 17.7 Å². The highest BCUT2D eigenvalue weighted by Crippen LogP contribution is 2.23. The fourth-order valence-corrected chi connectivity index (χ4v) is 4.54. The molecule has 0 atom stereocenters. The molecule has 0 radical (unpaired) electrons. The van der Waals surface area contributed by atoms with E-state index in [0.29, 0.717) is 34.4 Å². The van der Waals surface area contributed by atoms with E-state index in [-0.39, 0.29) is 11.8 Å². The van der Waals surface area contributed by atoms with Crippen molar-refractivity contribution >= 4 is 46.3 Å². The summed E-state index contributed by atoms with van der Waals surface area (Å²) in [5.74, 6) is 1.53. The third-order valence-electron chi connectivity index (χ3n) is 4.88. The fourth-order valence-electron chi connectivity index (χ4n) is 3.18. The number of ether oxygens (including phenoxy) is 2. The number of hydrogen-bond acceptors (Lipinski definition) is 6. The number of nitrogens with one attached hydrogen (secondary N) is 2. The lowest BCUT2D eigenvalue weighted by Crippen LogP contribution is -2.14. The monoisotopic (exact) mass is 504 g/mol. The molecule has 1 aromatic heterocycles. The van der Waals surface area contributed by atoms with Gasteiger partial charge in [0.1, 0.15) is 18.1 Å². The number of carbonyl (C=O) groups is 2. The van der Waals surface area contributed by atoms with Crippen molar-refractivity contribution in [2.45, 2.75) is 11.5 Å². The molecule has 178 valence electrons. The van der Waals surface area contributed by atoms with Crippen LogP contribution in [-0.2, 0) is 11.4 Å². The molecule has 3 aromatic carbocycles. The number of carbonyl (C=O) groups excluding carboxylic acids is 2. The Morgan fingerprint density at radius 1 is 0.857 bits per heavy atom. The van der Waals surface area contributed by atoms with E-state index in [0.717, 1.165) is 16.2 Å². The highest BCUT2D eigenvalue weighted by molar-refractivity contribution is 8.00. The summed E-state index contributed by atoms with van der Waals surface area (Å²) in [4.78, 5) is 26.2. The van der Waals surface area contributed by atoms with Crippen LogP contribution < -0.4 is 20.1 Å². The zero-order valence-corrected chi connectivity index (χ0v) is 20.7. The van der Waals surface area contributed by atoms with Gasteiger partial charge in [0.2, 0.25) is 5.91 Å². The van der Waals surface area contributed by atoms with Crippen molar-refractivity contribution in [1.82, 2.24) is 0 Å². The first kappa shape index (κ1) is 24.4. The van der Waals surface area contributed by atoms with Gasteiger partial charge in [-0.3, -0.25) is 9.59 Å². The molecule has 0 saturated heterocycles. The van der Waals surface area contributed by atoms with Crippen LogP contribution in [0.2, 0.25) is 0 Å². The molecule has 6 nitrogen and oxygen atoms in total. The van der Waals surface area contributed by atoms with E-state index in [1.807, 2.05) is 72.1 Å². The van der Waals surface area contributed by atoms with Crippen LogP contribution in [0.25, 0.3) is 0 Å². The Labute approximate surface area is 212 Å². The molecule has 1 heterocycles. The quantitative estimate of drug-likeness (QED) is 0.247. The standard InChI is InChI=1S/C27H24N2O4S2/c1-32-23-7-3-8-24(16-23)35-18-26(30)28-21-6-2-5-19(15-21)17-33-22-12-10-20(11-13-22)29-27(31)25-9-4-14-34-25/h2-16H,17-18H2,1H3,(H,28,30)(H,29,31). The molecule has 0 fully saturated rings.